The van der Waals surface area contributed by atoms with Crippen LogP contribution in [0.25, 0.3) is 5.65 Å². The molecule has 0 radical (unpaired) electrons. The summed E-state index contributed by atoms with van der Waals surface area (Å²) in [7, 11) is 0. The van der Waals surface area contributed by atoms with Gasteiger partial charge in [0.1, 0.15) is 5.65 Å². The zero-order valence-electron chi connectivity index (χ0n) is 10.9. The summed E-state index contributed by atoms with van der Waals surface area (Å²) in [4.78, 5) is 15.6. The minimum Gasteiger partial charge on any atom is -0.476 e. The highest BCUT2D eigenvalue weighted by Gasteiger charge is 2.21. The number of anilines is 1. The monoisotopic (exact) mass is 263 g/mol. The van der Waals surface area contributed by atoms with E-state index < -0.39 is 5.97 Å². The Morgan fingerprint density at radius 2 is 2.21 bits per heavy atom. The van der Waals surface area contributed by atoms with Gasteiger partial charge in [0.2, 0.25) is 0 Å². The molecule has 19 heavy (non-hydrogen) atoms. The van der Waals surface area contributed by atoms with Gasteiger partial charge < -0.3 is 15.5 Å². The molecular formula is C13H17N3O3. The molecule has 3 N–H and O–H groups in total. The summed E-state index contributed by atoms with van der Waals surface area (Å²) in [5.74, 6) is -0.706. The summed E-state index contributed by atoms with van der Waals surface area (Å²) in [6, 6.07) is 5.23. The molecule has 0 saturated heterocycles. The fourth-order valence-electron chi connectivity index (χ4n) is 1.82. The van der Waals surface area contributed by atoms with Crippen molar-refractivity contribution in [3.05, 3.63) is 30.1 Å². The lowest BCUT2D eigenvalue weighted by atomic mass is 10.1. The lowest BCUT2D eigenvalue weighted by molar-refractivity contribution is 0.0690. The van der Waals surface area contributed by atoms with E-state index in [1.165, 1.54) is 4.40 Å². The number of carboxylic acid groups (broad SMARTS) is 1. The zero-order valence-corrected chi connectivity index (χ0v) is 10.9. The number of rotatable bonds is 5. The summed E-state index contributed by atoms with van der Waals surface area (Å²) in [5.41, 5.74) is 0.679. The molecule has 0 spiro atoms. The lowest BCUT2D eigenvalue weighted by Crippen LogP contribution is -2.27. The lowest BCUT2D eigenvalue weighted by Gasteiger charge is -2.19. The molecule has 6 nitrogen and oxygen atoms in total. The Morgan fingerprint density at radius 3 is 2.84 bits per heavy atom. The molecule has 0 aliphatic heterocycles. The highest BCUT2D eigenvalue weighted by molar-refractivity contribution is 5.93. The van der Waals surface area contributed by atoms with Gasteiger partial charge in [0.05, 0.1) is 0 Å². The molecule has 102 valence electrons. The van der Waals surface area contributed by atoms with Gasteiger partial charge >= 0.3 is 5.97 Å². The number of nitrogens with one attached hydrogen (secondary N) is 1. The molecule has 0 fully saturated rings. The van der Waals surface area contributed by atoms with Crippen molar-refractivity contribution >= 4 is 17.4 Å². The van der Waals surface area contributed by atoms with Gasteiger partial charge in [-0.15, -0.1) is 0 Å². The second kappa shape index (κ2) is 5.27. The second-order valence-electron chi connectivity index (χ2n) is 4.64. The summed E-state index contributed by atoms with van der Waals surface area (Å²) < 4.78 is 1.53. The van der Waals surface area contributed by atoms with E-state index in [1.807, 2.05) is 13.8 Å². The van der Waals surface area contributed by atoms with Crippen LogP contribution >= 0.6 is 0 Å². The quantitative estimate of drug-likeness (QED) is 0.760. The van der Waals surface area contributed by atoms with Crippen molar-refractivity contribution in [2.45, 2.75) is 19.9 Å². The smallest absolute Gasteiger partial charge is 0.356 e. The molecule has 0 aromatic carbocycles. The average molecular weight is 263 g/mol. The molecule has 0 amide bonds. The minimum absolute atomic E-state index is 0.00598. The van der Waals surface area contributed by atoms with Gasteiger partial charge in [-0.1, -0.05) is 13.0 Å². The number of aliphatic hydroxyl groups excluding tert-OH is 1. The fraction of sp³-hybridized carbons (Fsp3) is 0.385. The molecule has 2 unspecified atom stereocenters. The van der Waals surface area contributed by atoms with Crippen LogP contribution in [0.1, 0.15) is 24.3 Å². The van der Waals surface area contributed by atoms with Crippen molar-refractivity contribution in [2.24, 2.45) is 5.92 Å². The van der Waals surface area contributed by atoms with E-state index in [0.717, 1.165) is 0 Å². The fourth-order valence-corrected chi connectivity index (χ4v) is 1.82. The van der Waals surface area contributed by atoms with Crippen LogP contribution in [-0.4, -0.2) is 38.2 Å². The van der Waals surface area contributed by atoms with Crippen LogP contribution in [0.3, 0.4) is 0 Å². The number of hydrogen-bond donors (Lipinski definition) is 3. The van der Waals surface area contributed by atoms with E-state index in [9.17, 15) is 9.90 Å². The number of carboxylic acids is 1. The van der Waals surface area contributed by atoms with E-state index in [-0.39, 0.29) is 24.3 Å². The molecule has 0 aliphatic carbocycles. The van der Waals surface area contributed by atoms with Gasteiger partial charge in [-0.3, -0.25) is 4.40 Å². The van der Waals surface area contributed by atoms with Crippen molar-refractivity contribution < 1.29 is 15.0 Å². The first kappa shape index (κ1) is 13.4. The maximum atomic E-state index is 11.4. The Labute approximate surface area is 110 Å². The third-order valence-electron chi connectivity index (χ3n) is 3.24. The van der Waals surface area contributed by atoms with Gasteiger partial charge in [0.15, 0.2) is 11.5 Å². The predicted molar refractivity (Wildman–Crippen MR) is 71.5 cm³/mol. The predicted octanol–water partition coefficient (Wildman–Crippen LogP) is 1.46. The molecule has 2 atom stereocenters. The number of hydrogen-bond acceptors (Lipinski definition) is 4. The Morgan fingerprint density at radius 1 is 1.47 bits per heavy atom. The van der Waals surface area contributed by atoms with E-state index in [1.54, 1.807) is 24.4 Å². The van der Waals surface area contributed by atoms with Crippen molar-refractivity contribution in [2.75, 3.05) is 11.9 Å². The summed E-state index contributed by atoms with van der Waals surface area (Å²) >= 11 is 0. The Balaban J connectivity index is 2.42. The number of aliphatic hydroxyl groups is 1. The van der Waals surface area contributed by atoms with Gasteiger partial charge in [-0.2, -0.15) is 0 Å². The highest BCUT2D eigenvalue weighted by Crippen LogP contribution is 2.20. The molecule has 0 saturated carbocycles. The average Bonchev–Trinajstić information content (AvgIpc) is 2.75. The minimum atomic E-state index is -1.04. The van der Waals surface area contributed by atoms with E-state index in [2.05, 4.69) is 10.3 Å². The van der Waals surface area contributed by atoms with Crippen molar-refractivity contribution in [3.8, 4) is 0 Å². The van der Waals surface area contributed by atoms with E-state index in [0.29, 0.717) is 11.5 Å². The molecule has 2 heterocycles. The SMILES string of the molecule is CC(CO)C(C)Nc1nc2ccccn2c1C(=O)O. The molecule has 0 aliphatic rings. The number of fused-ring (bicyclic) bond motifs is 1. The molecule has 2 aromatic heterocycles. The zero-order chi connectivity index (χ0) is 14.0. The molecule has 2 aromatic rings. The maximum Gasteiger partial charge on any atom is 0.356 e. The normalized spacial score (nSPS) is 14.3. The first-order chi connectivity index (χ1) is 9.04. The third kappa shape index (κ3) is 2.53. The van der Waals surface area contributed by atoms with Crippen molar-refractivity contribution in [1.82, 2.24) is 9.38 Å². The number of imidazole rings is 1. The number of nitrogens with zero attached hydrogens (tertiary/aromatic N) is 2. The second-order valence-corrected chi connectivity index (χ2v) is 4.64. The molecule has 6 heteroatoms. The van der Waals surface area contributed by atoms with Crippen LogP contribution < -0.4 is 5.32 Å². The van der Waals surface area contributed by atoms with Crippen LogP contribution in [-0.2, 0) is 0 Å². The highest BCUT2D eigenvalue weighted by atomic mass is 16.4. The third-order valence-corrected chi connectivity index (χ3v) is 3.24. The van der Waals surface area contributed by atoms with Gasteiger partial charge in [0.25, 0.3) is 0 Å². The first-order valence-electron chi connectivity index (χ1n) is 6.12. The summed E-state index contributed by atoms with van der Waals surface area (Å²) in [6.07, 6.45) is 1.66. The van der Waals surface area contributed by atoms with Gasteiger partial charge in [-0.05, 0) is 25.0 Å². The topological polar surface area (TPSA) is 86.9 Å². The van der Waals surface area contributed by atoms with Gasteiger partial charge in [0, 0.05) is 18.8 Å². The van der Waals surface area contributed by atoms with Crippen LogP contribution in [0.2, 0.25) is 0 Å². The standard InChI is InChI=1S/C13H17N3O3/c1-8(7-17)9(2)14-12-11(13(18)19)16-6-4-3-5-10(16)15-12/h3-6,8-9,14,17H,7H2,1-2H3,(H,18,19). The van der Waals surface area contributed by atoms with Crippen molar-refractivity contribution in [1.29, 1.82) is 0 Å². The molecule has 2 rings (SSSR count). The van der Waals surface area contributed by atoms with Crippen LogP contribution in [0.15, 0.2) is 24.4 Å². The summed E-state index contributed by atoms with van der Waals surface area (Å²) in [6.45, 7) is 3.80. The number of aromatic carboxylic acids is 1. The number of aromatic nitrogens is 2. The number of carbonyl (C=O) groups is 1. The van der Waals surface area contributed by atoms with E-state index in [4.69, 9.17) is 5.11 Å². The van der Waals surface area contributed by atoms with E-state index >= 15 is 0 Å². The Bertz CT molecular complexity index is 594. The van der Waals surface area contributed by atoms with Crippen LogP contribution in [0.5, 0.6) is 0 Å². The number of pyridine rings is 1. The Hall–Kier alpha value is -2.08. The van der Waals surface area contributed by atoms with Crippen LogP contribution in [0.4, 0.5) is 5.82 Å². The van der Waals surface area contributed by atoms with Gasteiger partial charge in [-0.25, -0.2) is 9.78 Å². The Kier molecular flexibility index (Phi) is 3.71. The van der Waals surface area contributed by atoms with Crippen LogP contribution in [0, 0.1) is 5.92 Å². The first-order valence-corrected chi connectivity index (χ1v) is 6.12. The van der Waals surface area contributed by atoms with Crippen molar-refractivity contribution in [3.63, 3.8) is 0 Å². The maximum absolute atomic E-state index is 11.4. The largest absolute Gasteiger partial charge is 0.476 e. The molecule has 0 bridgehead atoms. The summed E-state index contributed by atoms with van der Waals surface area (Å²) in [5, 5.41) is 21.5. The molecular weight excluding hydrogens is 246 g/mol.